The van der Waals surface area contributed by atoms with E-state index in [1.165, 1.54) is 32.2 Å². The molecule has 1 aliphatic heterocycles. The number of aromatic nitrogens is 3. The molecule has 89 heavy (non-hydrogen) atoms. The van der Waals surface area contributed by atoms with E-state index in [2.05, 4.69) is 53.2 Å². The van der Waals surface area contributed by atoms with Crippen molar-refractivity contribution in [3.8, 4) is 5.75 Å². The fraction of sp³-hybridized carbons (Fsp3) is 0.509. The Morgan fingerprint density at radius 3 is 1.93 bits per heavy atom. The van der Waals surface area contributed by atoms with Crippen LogP contribution in [0.4, 0.5) is 5.95 Å². The molecule has 1 aliphatic rings. The first-order chi connectivity index (χ1) is 42.3. The van der Waals surface area contributed by atoms with Gasteiger partial charge in [-0.15, -0.1) is 0 Å². The number of sulfonamides is 1. The van der Waals surface area contributed by atoms with Crippen LogP contribution in [0.2, 0.25) is 0 Å². The van der Waals surface area contributed by atoms with Crippen molar-refractivity contribution >= 4 is 99.1 Å². The number of aromatic amines is 1. The number of carbonyl (C=O) groups is 8. The molecule has 5 rings (SSSR count). The van der Waals surface area contributed by atoms with E-state index < -0.39 is 81.7 Å². The number of amides is 5. The zero-order valence-electron chi connectivity index (χ0n) is 50.7. The van der Waals surface area contributed by atoms with Gasteiger partial charge in [0.05, 0.1) is 17.0 Å². The van der Waals surface area contributed by atoms with E-state index in [-0.39, 0.29) is 154 Å². The van der Waals surface area contributed by atoms with Gasteiger partial charge >= 0.3 is 200 Å². The Balaban J connectivity index is 1.04. The second kappa shape index (κ2) is 35.5. The molecule has 0 bridgehead atoms. The van der Waals surface area contributed by atoms with E-state index in [0.29, 0.717) is 57.3 Å². The summed E-state index contributed by atoms with van der Waals surface area (Å²) in [6.07, 6.45) is 5.28. The third kappa shape index (κ3) is 23.4. The van der Waals surface area contributed by atoms with Gasteiger partial charge in [0.2, 0.25) is 27.3 Å². The number of nitrogens with one attached hydrogen (secondary N) is 8. The van der Waals surface area contributed by atoms with Crippen LogP contribution in [-0.4, -0.2) is 253 Å². The van der Waals surface area contributed by atoms with Crippen LogP contribution in [0.5, 0.6) is 5.75 Å². The summed E-state index contributed by atoms with van der Waals surface area (Å²) in [6.45, 7) is 12.4. The van der Waals surface area contributed by atoms with Crippen LogP contribution in [0.1, 0.15) is 66.6 Å². The molecule has 2 aromatic carbocycles. The standard InChI is InChI=1S/C57H82N14O16S.In/c1-7-43(65-55(82)44(8-2)64-48(74)33-69-19-23-70(34-49(75)76)21-17-68(31-38(5)72)18-22-71(24-20-69)35-50(77)78)54(81)59-14-13-58-47(73)10-9-25-87-40-26-36(3)52(37(4)27-40)88(85,86)66-45(56(83)84)30-62-53(80)42-32-67(6)46-28-39(11-12-41(46)51(42)79)29-63-57-60-15-16-61-57;/h11-12,15-16,26-28,32,43-45,66,72H,5,7-10,13-14,17-25,29-31,33-35H2,1-4,6H3,(H,58,73)(H,59,81)(H,62,80)(H,64,74)(H,65,82)(H,75,76)(H,77,78)(H,83,84)(H2,60,61,63);/q;+1/p-1. The Labute approximate surface area is 531 Å². The number of nitrogens with zero attached hydrogens (tertiary/aromatic N) is 6. The number of carboxylic acid groups (broad SMARTS) is 2. The number of hydrogen-bond acceptors (Lipinski definition) is 20. The molecule has 1 saturated heterocycles. The average Bonchev–Trinajstić information content (AvgIpc) is 2.84. The van der Waals surface area contributed by atoms with E-state index in [9.17, 15) is 66.9 Å². The molecule has 1 fully saturated rings. The minimum atomic E-state index is -4.51. The van der Waals surface area contributed by atoms with Crippen molar-refractivity contribution in [3.63, 3.8) is 0 Å². The molecule has 0 saturated carbocycles. The zero-order chi connectivity index (χ0) is 65.4. The molecular weight excluding hydrogens is 1280 g/mol. The van der Waals surface area contributed by atoms with Crippen molar-refractivity contribution in [2.75, 3.05) is 110 Å². The molecule has 30 nitrogen and oxygen atoms in total. The van der Waals surface area contributed by atoms with Gasteiger partial charge in [0.1, 0.15) is 23.4 Å². The first-order valence-electron chi connectivity index (χ1n) is 29.0. The summed E-state index contributed by atoms with van der Waals surface area (Å²) in [6, 6.07) is 4.19. The molecule has 3 heterocycles. The second-order valence-corrected chi connectivity index (χ2v) is 23.7. The first-order valence-corrected chi connectivity index (χ1v) is 31.8. The number of fused-ring (bicyclic) bond motifs is 1. The number of carbonyl (C=O) groups excluding carboxylic acids is 6. The Kier molecular flexibility index (Phi) is 28.8. The Hall–Kier alpha value is -7.62. The van der Waals surface area contributed by atoms with Crippen LogP contribution < -0.4 is 46.8 Å². The number of aryl methyl sites for hydroxylation is 3. The molecule has 484 valence electrons. The monoisotopic (exact) mass is 1360 g/mol. The summed E-state index contributed by atoms with van der Waals surface area (Å²) in [4.78, 5) is 130. The van der Waals surface area contributed by atoms with E-state index in [1.54, 1.807) is 61.0 Å². The van der Waals surface area contributed by atoms with E-state index >= 15 is 0 Å². The molecule has 4 aromatic rings. The van der Waals surface area contributed by atoms with E-state index in [4.69, 9.17) is 7.59 Å². The normalized spacial score (nSPS) is 15.0. The molecule has 0 spiro atoms. The second-order valence-electron chi connectivity index (χ2n) is 21.4. The Morgan fingerprint density at radius 2 is 1.36 bits per heavy atom. The summed E-state index contributed by atoms with van der Waals surface area (Å²) in [5.74, 6) is -5.05. The number of anilines is 1. The van der Waals surface area contributed by atoms with Crippen LogP contribution >= 0.6 is 0 Å². The molecule has 2 aromatic heterocycles. The molecule has 32 heteroatoms. The van der Waals surface area contributed by atoms with Crippen LogP contribution in [0.15, 0.2) is 71.0 Å². The summed E-state index contributed by atoms with van der Waals surface area (Å²) in [7, 11) is -2.86. The fourth-order valence-corrected chi connectivity index (χ4v) is 11.7. The number of rotatable bonds is 32. The van der Waals surface area contributed by atoms with Gasteiger partial charge in [0, 0.05) is 63.6 Å². The Bertz CT molecular complexity index is 3290. The number of pyridine rings is 1. The van der Waals surface area contributed by atoms with Crippen molar-refractivity contribution in [3.05, 3.63) is 93.7 Å². The van der Waals surface area contributed by atoms with Crippen LogP contribution in [0.25, 0.3) is 10.9 Å². The van der Waals surface area contributed by atoms with Crippen LogP contribution in [0, 0.1) is 13.8 Å². The zero-order valence-corrected chi connectivity index (χ0v) is 54.8. The van der Waals surface area contributed by atoms with Crippen molar-refractivity contribution < 1.29 is 69.7 Å². The van der Waals surface area contributed by atoms with E-state index in [1.807, 2.05) is 14.7 Å². The minimum absolute atomic E-state index is 0.00501. The van der Waals surface area contributed by atoms with Crippen molar-refractivity contribution in [2.24, 2.45) is 7.05 Å². The van der Waals surface area contributed by atoms with Crippen molar-refractivity contribution in [1.82, 2.24) is 65.4 Å². The number of benzene rings is 2. The quantitative estimate of drug-likeness (QED) is 0.0203. The number of aliphatic carboxylic acids is 2. The van der Waals surface area contributed by atoms with E-state index in [0.717, 1.165) is 5.56 Å². The first kappa shape index (κ1) is 72.1. The summed E-state index contributed by atoms with van der Waals surface area (Å²) in [5.41, 5.74) is 0.935. The maximum atomic E-state index is 13.7. The van der Waals surface area contributed by atoms with Gasteiger partial charge < -0.3 is 51.1 Å². The molecule has 0 aliphatic carbocycles. The van der Waals surface area contributed by atoms with Gasteiger partial charge in [-0.3, -0.25) is 33.6 Å². The number of aliphatic hydroxyl groups is 1. The molecule has 3 atom stereocenters. The summed E-state index contributed by atoms with van der Waals surface area (Å²) in [5, 5.41) is 46.1. The number of imidazole rings is 1. The third-order valence-electron chi connectivity index (χ3n) is 14.4. The van der Waals surface area contributed by atoms with Gasteiger partial charge in [-0.05, 0) is 67.6 Å². The molecule has 5 amide bonds. The van der Waals surface area contributed by atoms with Gasteiger partial charge in [-0.1, -0.05) is 19.9 Å². The predicted molar refractivity (Wildman–Crippen MR) is 327 cm³/mol. The van der Waals surface area contributed by atoms with Gasteiger partial charge in [0.25, 0.3) is 5.91 Å². The molecule has 11 N–H and O–H groups in total. The number of ether oxygens (including phenoxy) is 1. The molecule has 2 radical (unpaired) electrons. The van der Waals surface area contributed by atoms with Gasteiger partial charge in [-0.2, -0.15) is 4.72 Å². The van der Waals surface area contributed by atoms with Crippen molar-refractivity contribution in [2.45, 2.75) is 82.9 Å². The summed E-state index contributed by atoms with van der Waals surface area (Å²) >= 11 is 0.286. The van der Waals surface area contributed by atoms with Crippen molar-refractivity contribution in [1.29, 1.82) is 0 Å². The average molecular weight is 1370 g/mol. The third-order valence-corrected chi connectivity index (χ3v) is 17.0. The predicted octanol–water partition coefficient (Wildman–Crippen LogP) is -1.16. The Morgan fingerprint density at radius 1 is 0.764 bits per heavy atom. The fourth-order valence-electron chi connectivity index (χ4n) is 9.80. The number of hydrogen-bond donors (Lipinski definition) is 11. The van der Waals surface area contributed by atoms with Crippen LogP contribution in [0.3, 0.4) is 0 Å². The number of carboxylic acids is 2. The number of H-pyrrole nitrogens is 1. The maximum absolute atomic E-state index is 13.7. The molecular formula is C57H81InN14O16S. The number of aliphatic hydroxyl groups excluding tert-OH is 1. The molecule has 3 unspecified atom stereocenters. The van der Waals surface area contributed by atoms with Crippen LogP contribution in [-0.2, 0) is 60.0 Å². The van der Waals surface area contributed by atoms with Gasteiger partial charge in [0.15, 0.2) is 5.95 Å². The topological polar surface area (TPSA) is 398 Å². The van der Waals surface area contributed by atoms with Gasteiger partial charge in [-0.25, -0.2) is 13.4 Å². The SMILES string of the molecule is C=C(O)CN1CCN(CC(=O)O)CCN(CC(=O)NC(CC)C(=O)NC(CC)C(=O)NCCNC(=O)CCCOc2cc(C)c(S(=O)(=O)NC(CNC(=O)c3cn(C)c4cc(CNc5ncc[nH]5)ccc4c3=O)C(=O)O)c(C)c2)CCN(CC(=O)[O][In])CC1. The summed E-state index contributed by atoms with van der Waals surface area (Å²) < 4.78 is 42.0.